The lowest BCUT2D eigenvalue weighted by atomic mass is 10.2. The van der Waals surface area contributed by atoms with Crippen molar-refractivity contribution in [1.29, 1.82) is 0 Å². The number of piperazine rings is 1. The SMILES string of the molecule is c1cnc2ccc(OCCCN3CCN(c4cccc5sccc45)CC3)cc2c1. The van der Waals surface area contributed by atoms with E-state index >= 15 is 0 Å². The fourth-order valence-electron chi connectivity index (χ4n) is 4.09. The molecule has 5 heteroatoms. The molecule has 0 N–H and O–H groups in total. The maximum absolute atomic E-state index is 5.97. The van der Waals surface area contributed by atoms with Gasteiger partial charge in [0.2, 0.25) is 0 Å². The van der Waals surface area contributed by atoms with E-state index in [0.29, 0.717) is 0 Å². The highest BCUT2D eigenvalue weighted by molar-refractivity contribution is 7.17. The summed E-state index contributed by atoms with van der Waals surface area (Å²) in [6, 6.07) is 19.1. The van der Waals surface area contributed by atoms with Crippen LogP contribution in [0.3, 0.4) is 0 Å². The number of pyridine rings is 1. The topological polar surface area (TPSA) is 28.6 Å². The van der Waals surface area contributed by atoms with Crippen LogP contribution in [0.5, 0.6) is 5.75 Å². The average molecular weight is 404 g/mol. The van der Waals surface area contributed by atoms with Crippen LogP contribution in [0.25, 0.3) is 21.0 Å². The Hall–Kier alpha value is -2.63. The summed E-state index contributed by atoms with van der Waals surface area (Å²) in [5.41, 5.74) is 2.40. The highest BCUT2D eigenvalue weighted by Crippen LogP contribution is 2.31. The zero-order valence-corrected chi connectivity index (χ0v) is 17.3. The summed E-state index contributed by atoms with van der Waals surface area (Å²) in [4.78, 5) is 9.44. The van der Waals surface area contributed by atoms with Gasteiger partial charge in [-0.25, -0.2) is 0 Å². The summed E-state index contributed by atoms with van der Waals surface area (Å²) in [7, 11) is 0. The Morgan fingerprint density at radius 2 is 1.90 bits per heavy atom. The first-order chi connectivity index (χ1) is 14.4. The molecule has 4 aromatic rings. The first kappa shape index (κ1) is 18.4. The summed E-state index contributed by atoms with van der Waals surface area (Å²) in [5.74, 6) is 0.930. The average Bonchev–Trinajstić information content (AvgIpc) is 3.26. The van der Waals surface area contributed by atoms with E-state index in [9.17, 15) is 0 Å². The number of hydrogen-bond acceptors (Lipinski definition) is 5. The van der Waals surface area contributed by atoms with Gasteiger partial charge in [-0.1, -0.05) is 12.1 Å². The fourth-order valence-corrected chi connectivity index (χ4v) is 4.90. The van der Waals surface area contributed by atoms with Crippen LogP contribution in [0.1, 0.15) is 6.42 Å². The molecule has 4 nitrogen and oxygen atoms in total. The van der Waals surface area contributed by atoms with Crippen LogP contribution in [-0.4, -0.2) is 49.2 Å². The molecule has 1 aliphatic rings. The number of benzene rings is 2. The third kappa shape index (κ3) is 4.07. The van der Waals surface area contributed by atoms with Crippen molar-refractivity contribution in [1.82, 2.24) is 9.88 Å². The predicted octanol–water partition coefficient (Wildman–Crippen LogP) is 5.04. The van der Waals surface area contributed by atoms with E-state index in [-0.39, 0.29) is 0 Å². The lowest BCUT2D eigenvalue weighted by Gasteiger charge is -2.36. The second-order valence-corrected chi connectivity index (χ2v) is 8.45. The quantitative estimate of drug-likeness (QED) is 0.422. The summed E-state index contributed by atoms with van der Waals surface area (Å²) in [6.45, 7) is 6.25. The van der Waals surface area contributed by atoms with E-state index in [4.69, 9.17) is 4.74 Å². The normalized spacial score (nSPS) is 15.2. The van der Waals surface area contributed by atoms with Crippen LogP contribution >= 0.6 is 11.3 Å². The van der Waals surface area contributed by atoms with Crippen LogP contribution in [0, 0.1) is 0 Å². The van der Waals surface area contributed by atoms with Gasteiger partial charge < -0.3 is 9.64 Å². The van der Waals surface area contributed by atoms with Gasteiger partial charge in [0, 0.05) is 60.1 Å². The van der Waals surface area contributed by atoms with Gasteiger partial charge in [0.15, 0.2) is 0 Å². The summed E-state index contributed by atoms with van der Waals surface area (Å²) in [6.07, 6.45) is 2.87. The fraction of sp³-hybridized carbons (Fsp3) is 0.292. The smallest absolute Gasteiger partial charge is 0.120 e. The Kier molecular flexibility index (Phi) is 5.33. The largest absolute Gasteiger partial charge is 0.494 e. The molecule has 2 aromatic carbocycles. The molecule has 0 amide bonds. The molecule has 148 valence electrons. The molecule has 5 rings (SSSR count). The Morgan fingerprint density at radius 1 is 0.966 bits per heavy atom. The van der Waals surface area contributed by atoms with Gasteiger partial charge >= 0.3 is 0 Å². The third-order valence-corrected chi connectivity index (χ3v) is 6.53. The highest BCUT2D eigenvalue weighted by atomic mass is 32.1. The maximum Gasteiger partial charge on any atom is 0.120 e. The summed E-state index contributed by atoms with van der Waals surface area (Å²) < 4.78 is 7.35. The van der Waals surface area contributed by atoms with E-state index in [2.05, 4.69) is 56.6 Å². The van der Waals surface area contributed by atoms with Gasteiger partial charge in [-0.2, -0.15) is 0 Å². The Morgan fingerprint density at radius 3 is 2.83 bits per heavy atom. The second-order valence-electron chi connectivity index (χ2n) is 7.50. The maximum atomic E-state index is 5.97. The van der Waals surface area contributed by atoms with Gasteiger partial charge in [0.25, 0.3) is 0 Å². The van der Waals surface area contributed by atoms with Crippen LogP contribution in [0.2, 0.25) is 0 Å². The highest BCUT2D eigenvalue weighted by Gasteiger charge is 2.18. The van der Waals surface area contributed by atoms with Crippen LogP contribution in [0.4, 0.5) is 5.69 Å². The molecule has 29 heavy (non-hydrogen) atoms. The van der Waals surface area contributed by atoms with E-state index in [1.54, 1.807) is 0 Å². The van der Waals surface area contributed by atoms with Crippen molar-refractivity contribution in [3.8, 4) is 5.75 Å². The van der Waals surface area contributed by atoms with Gasteiger partial charge in [-0.3, -0.25) is 9.88 Å². The standard InChI is InChI=1S/C24H25N3OS/c1-5-23(21-9-17-29-24(21)6-1)27-14-12-26(13-15-27)11-3-16-28-20-7-8-22-19(18-20)4-2-10-25-22/h1-2,4-10,17-18H,3,11-16H2. The molecule has 0 atom stereocenters. The number of hydrogen-bond donors (Lipinski definition) is 0. The number of thiophene rings is 1. The number of nitrogens with zero attached hydrogens (tertiary/aromatic N) is 3. The first-order valence-corrected chi connectivity index (χ1v) is 11.2. The molecule has 0 radical (unpaired) electrons. The molecule has 1 saturated heterocycles. The minimum absolute atomic E-state index is 0.750. The molecular weight excluding hydrogens is 378 g/mol. The van der Waals surface area contributed by atoms with Crippen molar-refractivity contribution < 1.29 is 4.74 Å². The number of rotatable bonds is 6. The molecule has 0 aliphatic carbocycles. The van der Waals surface area contributed by atoms with Gasteiger partial charge in [0.1, 0.15) is 5.75 Å². The van der Waals surface area contributed by atoms with Crippen molar-refractivity contribution in [2.24, 2.45) is 0 Å². The van der Waals surface area contributed by atoms with Crippen molar-refractivity contribution >= 4 is 38.0 Å². The van der Waals surface area contributed by atoms with Gasteiger partial charge in [-0.15, -0.1) is 11.3 Å². The minimum Gasteiger partial charge on any atom is -0.494 e. The third-order valence-electron chi connectivity index (χ3n) is 5.65. The minimum atomic E-state index is 0.750. The molecule has 0 unspecified atom stereocenters. The molecule has 3 heterocycles. The van der Waals surface area contributed by atoms with Crippen molar-refractivity contribution in [3.63, 3.8) is 0 Å². The Labute approximate surface area is 175 Å². The number of anilines is 1. The van der Waals surface area contributed by atoms with Crippen molar-refractivity contribution in [2.45, 2.75) is 6.42 Å². The zero-order valence-electron chi connectivity index (χ0n) is 16.5. The monoisotopic (exact) mass is 403 g/mol. The Balaban J connectivity index is 1.09. The summed E-state index contributed by atoms with van der Waals surface area (Å²) >= 11 is 1.82. The van der Waals surface area contributed by atoms with Gasteiger partial charge in [-0.05, 0) is 54.3 Å². The first-order valence-electron chi connectivity index (χ1n) is 10.3. The molecule has 0 saturated carbocycles. The second kappa shape index (κ2) is 8.39. The van der Waals surface area contributed by atoms with Crippen molar-refractivity contribution in [2.75, 3.05) is 44.2 Å². The molecule has 2 aromatic heterocycles. The van der Waals surface area contributed by atoms with Gasteiger partial charge in [0.05, 0.1) is 12.1 Å². The predicted molar refractivity (Wildman–Crippen MR) is 122 cm³/mol. The number of ether oxygens (including phenoxy) is 1. The van der Waals surface area contributed by atoms with Crippen LogP contribution in [-0.2, 0) is 0 Å². The van der Waals surface area contributed by atoms with Crippen molar-refractivity contribution in [3.05, 3.63) is 66.2 Å². The molecule has 1 fully saturated rings. The number of aromatic nitrogens is 1. The van der Waals surface area contributed by atoms with Crippen LogP contribution < -0.4 is 9.64 Å². The lowest BCUT2D eigenvalue weighted by molar-refractivity contribution is 0.225. The van der Waals surface area contributed by atoms with Crippen LogP contribution in [0.15, 0.2) is 66.2 Å². The van der Waals surface area contributed by atoms with E-state index in [1.807, 2.05) is 35.7 Å². The van der Waals surface area contributed by atoms with E-state index in [1.165, 1.54) is 15.8 Å². The molecule has 0 bridgehead atoms. The Bertz CT molecular complexity index is 1100. The molecule has 0 spiro atoms. The molecular formula is C24H25N3OS. The van der Waals surface area contributed by atoms with E-state index in [0.717, 1.165) is 62.4 Å². The number of fused-ring (bicyclic) bond motifs is 2. The molecule has 1 aliphatic heterocycles. The summed E-state index contributed by atoms with van der Waals surface area (Å²) in [5, 5.41) is 4.71. The van der Waals surface area contributed by atoms with E-state index < -0.39 is 0 Å². The lowest BCUT2D eigenvalue weighted by Crippen LogP contribution is -2.46. The zero-order chi connectivity index (χ0) is 19.5.